The van der Waals surface area contributed by atoms with E-state index in [2.05, 4.69) is 32.1 Å². The Kier molecular flexibility index (Phi) is 5.23. The zero-order valence-electron chi connectivity index (χ0n) is 11.6. The number of hydrogen-bond acceptors (Lipinski definition) is 5. The first-order chi connectivity index (χ1) is 9.59. The first kappa shape index (κ1) is 15.5. The van der Waals surface area contributed by atoms with Gasteiger partial charge in [0.05, 0.1) is 11.3 Å². The lowest BCUT2D eigenvalue weighted by Crippen LogP contribution is -2.35. The number of aromatic nitrogens is 2. The van der Waals surface area contributed by atoms with Crippen LogP contribution in [0.25, 0.3) is 0 Å². The Labute approximate surface area is 131 Å². The second-order valence-corrected chi connectivity index (χ2v) is 6.47. The second kappa shape index (κ2) is 6.74. The van der Waals surface area contributed by atoms with Gasteiger partial charge in [-0.25, -0.2) is 0 Å². The van der Waals surface area contributed by atoms with Crippen LogP contribution in [0.5, 0.6) is 0 Å². The number of nitrogens with two attached hydrogens (primary N) is 1. The highest BCUT2D eigenvalue weighted by molar-refractivity contribution is 9.10. The molecule has 0 saturated heterocycles. The Balaban J connectivity index is 2.05. The summed E-state index contributed by atoms with van der Waals surface area (Å²) in [5.41, 5.74) is 5.74. The summed E-state index contributed by atoms with van der Waals surface area (Å²) in [4.78, 5) is 5.59. The Morgan fingerprint density at radius 2 is 2.00 bits per heavy atom. The van der Waals surface area contributed by atoms with Crippen LogP contribution in [0.15, 0.2) is 38.2 Å². The maximum Gasteiger partial charge on any atom is 0.246 e. The largest absolute Gasteiger partial charge is 0.337 e. The van der Waals surface area contributed by atoms with Crippen LogP contribution < -0.4 is 5.73 Å². The molecule has 0 amide bonds. The minimum Gasteiger partial charge on any atom is -0.337 e. The highest BCUT2D eigenvalue weighted by atomic mass is 79.9. The molecule has 1 aromatic carbocycles. The number of hydrogen-bond donors (Lipinski definition) is 1. The highest BCUT2D eigenvalue weighted by Crippen LogP contribution is 2.30. The molecule has 2 rings (SSSR count). The molecule has 0 aliphatic rings. The lowest BCUT2D eigenvalue weighted by molar-refractivity contribution is 0.267. The van der Waals surface area contributed by atoms with E-state index >= 15 is 0 Å². The van der Waals surface area contributed by atoms with Gasteiger partial charge in [0.2, 0.25) is 5.89 Å². The SMILES string of the molecule is CCC(N)(CC)c1nc(CSc2ccccc2Br)no1. The Morgan fingerprint density at radius 1 is 1.30 bits per heavy atom. The van der Waals surface area contributed by atoms with Crippen molar-refractivity contribution in [2.45, 2.75) is 42.9 Å². The van der Waals surface area contributed by atoms with Gasteiger partial charge < -0.3 is 10.3 Å². The summed E-state index contributed by atoms with van der Waals surface area (Å²) >= 11 is 5.19. The van der Waals surface area contributed by atoms with Crippen molar-refractivity contribution in [3.63, 3.8) is 0 Å². The van der Waals surface area contributed by atoms with Gasteiger partial charge in [-0.2, -0.15) is 4.98 Å². The van der Waals surface area contributed by atoms with E-state index in [-0.39, 0.29) is 0 Å². The van der Waals surface area contributed by atoms with Crippen molar-refractivity contribution in [3.8, 4) is 0 Å². The van der Waals surface area contributed by atoms with E-state index in [0.717, 1.165) is 22.2 Å². The molecule has 20 heavy (non-hydrogen) atoms. The second-order valence-electron chi connectivity index (χ2n) is 4.60. The molecule has 0 aliphatic heterocycles. The van der Waals surface area contributed by atoms with Crippen LogP contribution >= 0.6 is 27.7 Å². The first-order valence-corrected chi connectivity index (χ1v) is 8.36. The molecule has 6 heteroatoms. The maximum atomic E-state index is 6.25. The number of halogens is 1. The van der Waals surface area contributed by atoms with Gasteiger partial charge in [0.25, 0.3) is 0 Å². The van der Waals surface area contributed by atoms with Crippen molar-refractivity contribution >= 4 is 27.7 Å². The Bertz CT molecular complexity index is 569. The lowest BCUT2D eigenvalue weighted by atomic mass is 9.94. The van der Waals surface area contributed by atoms with Crippen LogP contribution in [0, 0.1) is 0 Å². The maximum absolute atomic E-state index is 6.25. The molecular formula is C14H18BrN3OS. The average molecular weight is 356 g/mol. The molecule has 0 radical (unpaired) electrons. The van der Waals surface area contributed by atoms with E-state index in [1.165, 1.54) is 0 Å². The minimum absolute atomic E-state index is 0.511. The van der Waals surface area contributed by atoms with Gasteiger partial charge in [0.15, 0.2) is 5.82 Å². The third kappa shape index (κ3) is 3.42. The zero-order valence-corrected chi connectivity index (χ0v) is 14.0. The van der Waals surface area contributed by atoms with Crippen molar-refractivity contribution in [1.82, 2.24) is 10.1 Å². The number of nitrogens with zero attached hydrogens (tertiary/aromatic N) is 2. The molecule has 0 saturated carbocycles. The summed E-state index contributed by atoms with van der Waals surface area (Å²) < 4.78 is 6.39. The average Bonchev–Trinajstić information content (AvgIpc) is 2.95. The number of rotatable bonds is 6. The smallest absolute Gasteiger partial charge is 0.246 e. The van der Waals surface area contributed by atoms with E-state index < -0.39 is 5.54 Å². The third-order valence-electron chi connectivity index (χ3n) is 3.35. The van der Waals surface area contributed by atoms with E-state index in [9.17, 15) is 0 Å². The summed E-state index contributed by atoms with van der Waals surface area (Å²) in [6.45, 7) is 4.06. The fourth-order valence-corrected chi connectivity index (χ4v) is 3.18. The lowest BCUT2D eigenvalue weighted by Gasteiger charge is -2.20. The zero-order chi connectivity index (χ0) is 14.6. The standard InChI is InChI=1S/C14H18BrN3OS/c1-3-14(16,4-2)13-17-12(18-19-13)9-20-11-8-6-5-7-10(11)15/h5-8H,3-4,9,16H2,1-2H3. The molecule has 1 heterocycles. The third-order valence-corrected chi connectivity index (χ3v) is 5.37. The van der Waals surface area contributed by atoms with E-state index in [1.54, 1.807) is 11.8 Å². The Morgan fingerprint density at radius 3 is 2.65 bits per heavy atom. The summed E-state index contributed by atoms with van der Waals surface area (Å²) in [5.74, 6) is 1.87. The minimum atomic E-state index is -0.511. The first-order valence-electron chi connectivity index (χ1n) is 6.58. The van der Waals surface area contributed by atoms with Crippen LogP contribution in [-0.4, -0.2) is 10.1 Å². The molecule has 2 N–H and O–H groups in total. The van der Waals surface area contributed by atoms with E-state index in [0.29, 0.717) is 17.5 Å². The Hall–Kier alpha value is -0.850. The summed E-state index contributed by atoms with van der Waals surface area (Å²) in [6, 6.07) is 8.07. The molecule has 2 aromatic rings. The van der Waals surface area contributed by atoms with Crippen LogP contribution in [-0.2, 0) is 11.3 Å². The quantitative estimate of drug-likeness (QED) is 0.790. The predicted molar refractivity (Wildman–Crippen MR) is 84.4 cm³/mol. The van der Waals surface area contributed by atoms with Crippen molar-refractivity contribution in [2.75, 3.05) is 0 Å². The van der Waals surface area contributed by atoms with Gasteiger partial charge >= 0.3 is 0 Å². The molecule has 0 spiro atoms. The van der Waals surface area contributed by atoms with Crippen molar-refractivity contribution in [3.05, 3.63) is 40.5 Å². The molecule has 0 aliphatic carbocycles. The number of thioether (sulfide) groups is 1. The monoisotopic (exact) mass is 355 g/mol. The molecule has 0 unspecified atom stereocenters. The van der Waals surface area contributed by atoms with Crippen LogP contribution in [0.2, 0.25) is 0 Å². The van der Waals surface area contributed by atoms with Gasteiger partial charge in [-0.15, -0.1) is 11.8 Å². The van der Waals surface area contributed by atoms with Gasteiger partial charge in [0, 0.05) is 9.37 Å². The molecule has 0 fully saturated rings. The molecule has 108 valence electrons. The van der Waals surface area contributed by atoms with Crippen LogP contribution in [0.4, 0.5) is 0 Å². The highest BCUT2D eigenvalue weighted by Gasteiger charge is 2.29. The normalized spacial score (nSPS) is 11.8. The van der Waals surface area contributed by atoms with E-state index in [1.807, 2.05) is 32.0 Å². The molecular weight excluding hydrogens is 338 g/mol. The van der Waals surface area contributed by atoms with Crippen molar-refractivity contribution in [1.29, 1.82) is 0 Å². The van der Waals surface area contributed by atoms with Gasteiger partial charge in [-0.1, -0.05) is 31.1 Å². The number of benzene rings is 1. The van der Waals surface area contributed by atoms with E-state index in [4.69, 9.17) is 10.3 Å². The summed E-state index contributed by atoms with van der Waals surface area (Å²) in [7, 11) is 0. The van der Waals surface area contributed by atoms with Crippen LogP contribution in [0.3, 0.4) is 0 Å². The summed E-state index contributed by atoms with van der Waals surface area (Å²) in [6.07, 6.45) is 1.56. The predicted octanol–water partition coefficient (Wildman–Crippen LogP) is 4.10. The fraction of sp³-hybridized carbons (Fsp3) is 0.429. The summed E-state index contributed by atoms with van der Waals surface area (Å²) in [5, 5.41) is 4.02. The van der Waals surface area contributed by atoms with Gasteiger partial charge in [-0.05, 0) is 40.9 Å². The molecule has 4 nitrogen and oxygen atoms in total. The van der Waals surface area contributed by atoms with Crippen LogP contribution in [0.1, 0.15) is 38.4 Å². The molecule has 0 bridgehead atoms. The van der Waals surface area contributed by atoms with Crippen molar-refractivity contribution < 1.29 is 4.52 Å². The molecule has 1 aromatic heterocycles. The fourth-order valence-electron chi connectivity index (χ4n) is 1.77. The van der Waals surface area contributed by atoms with Gasteiger partial charge in [0.1, 0.15) is 0 Å². The van der Waals surface area contributed by atoms with Gasteiger partial charge in [-0.3, -0.25) is 0 Å². The van der Waals surface area contributed by atoms with Crippen molar-refractivity contribution in [2.24, 2.45) is 5.73 Å². The molecule has 0 atom stereocenters. The topological polar surface area (TPSA) is 64.9 Å².